The molecule has 2 aliphatic heterocycles. The Labute approximate surface area is 90.7 Å². The van der Waals surface area contributed by atoms with E-state index in [0.29, 0.717) is 12.3 Å². The smallest absolute Gasteiger partial charge is 0.329 e. The normalized spacial score (nSPS) is 28.6. The molecule has 2 rings (SSSR count). The minimum absolute atomic E-state index is 0.000648. The van der Waals surface area contributed by atoms with Gasteiger partial charge in [0, 0.05) is 19.3 Å². The number of hydrogen-bond donors (Lipinski definition) is 2. The van der Waals surface area contributed by atoms with Crippen molar-refractivity contribution < 1.29 is 14.7 Å². The molecular weight excluding hydrogens is 218 g/mol. The van der Waals surface area contributed by atoms with Crippen molar-refractivity contribution in [3.63, 3.8) is 0 Å². The van der Waals surface area contributed by atoms with Gasteiger partial charge in [-0.15, -0.1) is 11.8 Å². The van der Waals surface area contributed by atoms with Crippen LogP contribution in [0.1, 0.15) is 0 Å². The molecule has 0 radical (unpaired) electrons. The Morgan fingerprint density at radius 2 is 2.40 bits per heavy atom. The van der Waals surface area contributed by atoms with Gasteiger partial charge in [-0.1, -0.05) is 0 Å². The Kier molecular flexibility index (Phi) is 2.56. The van der Waals surface area contributed by atoms with Gasteiger partial charge in [-0.05, 0) is 0 Å². The number of hydrogen-bond acceptors (Lipinski definition) is 4. The van der Waals surface area contributed by atoms with Gasteiger partial charge in [0.05, 0.1) is 11.1 Å². The fraction of sp³-hybridized carbons (Fsp3) is 0.625. The first-order chi connectivity index (χ1) is 7.13. The second-order valence-corrected chi connectivity index (χ2v) is 4.40. The van der Waals surface area contributed by atoms with Crippen molar-refractivity contribution in [1.82, 2.24) is 10.2 Å². The fourth-order valence-electron chi connectivity index (χ4n) is 1.42. The topological polar surface area (TPSA) is 81.8 Å². The zero-order valence-corrected chi connectivity index (χ0v) is 8.95. The number of carboxylic acid groups (broad SMARTS) is 1. The number of aliphatic carboxylic acids is 1. The van der Waals surface area contributed by atoms with Crippen molar-refractivity contribution in [2.75, 3.05) is 19.3 Å². The highest BCUT2D eigenvalue weighted by Crippen LogP contribution is 2.30. The number of carbonyl (C=O) groups is 2. The molecule has 1 unspecified atom stereocenters. The number of rotatable bonds is 2. The predicted octanol–water partition coefficient (Wildman–Crippen LogP) is -0.391. The molecule has 0 aromatic rings. The Hall–Kier alpha value is -1.24. The molecule has 2 aliphatic rings. The molecule has 2 N–H and O–H groups in total. The van der Waals surface area contributed by atoms with E-state index in [2.05, 4.69) is 10.3 Å². The molecule has 15 heavy (non-hydrogen) atoms. The van der Waals surface area contributed by atoms with Gasteiger partial charge >= 0.3 is 12.0 Å². The largest absolute Gasteiger partial charge is 0.480 e. The maximum Gasteiger partial charge on any atom is 0.329 e. The number of carboxylic acids is 1. The lowest BCUT2D eigenvalue weighted by Gasteiger charge is -2.01. The Bertz CT molecular complexity index is 344. The summed E-state index contributed by atoms with van der Waals surface area (Å²) < 4.78 is 0. The molecular formula is C8H11N3O3S. The van der Waals surface area contributed by atoms with Crippen LogP contribution in [0.5, 0.6) is 0 Å². The molecule has 0 bridgehead atoms. The highest BCUT2D eigenvalue weighted by Gasteiger charge is 2.44. The summed E-state index contributed by atoms with van der Waals surface area (Å²) in [6.45, 7) is 0.637. The fourth-order valence-corrected chi connectivity index (χ4v) is 2.56. The van der Waals surface area contributed by atoms with E-state index in [1.165, 1.54) is 11.8 Å². The molecule has 7 heteroatoms. The number of nitrogens with zero attached hydrogens (tertiary/aromatic N) is 2. The van der Waals surface area contributed by atoms with E-state index in [0.717, 1.165) is 5.04 Å². The summed E-state index contributed by atoms with van der Waals surface area (Å²) in [4.78, 5) is 27.5. The molecule has 0 spiro atoms. The SMILES string of the molecule is CNC(=O)N1CC1C1=N[C@H](C(=O)O)CS1. The molecule has 2 atom stereocenters. The molecule has 2 heterocycles. The van der Waals surface area contributed by atoms with Crippen LogP contribution in [-0.4, -0.2) is 58.5 Å². The minimum atomic E-state index is -0.898. The minimum Gasteiger partial charge on any atom is -0.480 e. The van der Waals surface area contributed by atoms with Gasteiger partial charge in [-0.25, -0.2) is 9.59 Å². The Morgan fingerprint density at radius 3 is 2.93 bits per heavy atom. The lowest BCUT2D eigenvalue weighted by atomic mass is 10.3. The van der Waals surface area contributed by atoms with Crippen molar-refractivity contribution in [1.29, 1.82) is 0 Å². The van der Waals surface area contributed by atoms with Crippen molar-refractivity contribution in [3.05, 3.63) is 0 Å². The number of thioether (sulfide) groups is 1. The van der Waals surface area contributed by atoms with Gasteiger partial charge < -0.3 is 15.3 Å². The van der Waals surface area contributed by atoms with Crippen molar-refractivity contribution in [2.45, 2.75) is 12.1 Å². The molecule has 1 saturated heterocycles. The number of urea groups is 1. The van der Waals surface area contributed by atoms with E-state index >= 15 is 0 Å². The maximum absolute atomic E-state index is 11.2. The predicted molar refractivity (Wildman–Crippen MR) is 56.3 cm³/mol. The average Bonchev–Trinajstić information content (AvgIpc) is 2.86. The molecule has 2 amide bonds. The van der Waals surface area contributed by atoms with Crippen LogP contribution < -0.4 is 5.32 Å². The lowest BCUT2D eigenvalue weighted by Crippen LogP contribution is -2.27. The molecule has 1 fully saturated rings. The highest BCUT2D eigenvalue weighted by atomic mass is 32.2. The zero-order valence-electron chi connectivity index (χ0n) is 8.14. The summed E-state index contributed by atoms with van der Waals surface area (Å²) >= 11 is 1.43. The number of carbonyl (C=O) groups excluding carboxylic acids is 1. The molecule has 0 aliphatic carbocycles. The first-order valence-corrected chi connectivity index (χ1v) is 5.53. The van der Waals surface area contributed by atoms with E-state index in [1.54, 1.807) is 11.9 Å². The summed E-state index contributed by atoms with van der Waals surface area (Å²) in [5, 5.41) is 12.0. The zero-order chi connectivity index (χ0) is 11.0. The average molecular weight is 229 g/mol. The maximum atomic E-state index is 11.2. The number of nitrogens with one attached hydrogen (secondary N) is 1. The van der Waals surface area contributed by atoms with E-state index in [1.807, 2.05) is 0 Å². The van der Waals surface area contributed by atoms with Gasteiger partial charge in [0.1, 0.15) is 0 Å². The van der Waals surface area contributed by atoms with Crippen LogP contribution in [0.3, 0.4) is 0 Å². The van der Waals surface area contributed by atoms with Crippen LogP contribution >= 0.6 is 11.8 Å². The summed E-state index contributed by atoms with van der Waals surface area (Å²) in [5.74, 6) is -0.424. The van der Waals surface area contributed by atoms with Crippen molar-refractivity contribution in [2.24, 2.45) is 4.99 Å². The molecule has 82 valence electrons. The standard InChI is InChI=1S/C8H11N3O3S/c1-9-8(14)11-2-5(11)6-10-4(3-15-6)7(12)13/h4-5H,2-3H2,1H3,(H,9,14)(H,12,13)/t4-,5?,11?/m0/s1. The lowest BCUT2D eigenvalue weighted by molar-refractivity contribution is -0.137. The number of aliphatic imine (C=N–C) groups is 1. The van der Waals surface area contributed by atoms with Crippen molar-refractivity contribution in [3.8, 4) is 0 Å². The van der Waals surface area contributed by atoms with Gasteiger partial charge in [0.25, 0.3) is 0 Å². The summed E-state index contributed by atoms with van der Waals surface area (Å²) in [7, 11) is 1.57. The highest BCUT2D eigenvalue weighted by molar-refractivity contribution is 8.14. The third-order valence-electron chi connectivity index (χ3n) is 2.33. The van der Waals surface area contributed by atoms with E-state index in [9.17, 15) is 9.59 Å². The van der Waals surface area contributed by atoms with Crippen LogP contribution in [0.4, 0.5) is 4.79 Å². The molecule has 0 saturated carbocycles. The third-order valence-corrected chi connectivity index (χ3v) is 3.48. The third kappa shape index (κ3) is 1.92. The molecule has 6 nitrogen and oxygen atoms in total. The van der Waals surface area contributed by atoms with Gasteiger partial charge in [-0.3, -0.25) is 4.99 Å². The van der Waals surface area contributed by atoms with E-state index < -0.39 is 12.0 Å². The van der Waals surface area contributed by atoms with Gasteiger partial charge in [0.2, 0.25) is 0 Å². The second kappa shape index (κ2) is 3.73. The monoisotopic (exact) mass is 229 g/mol. The second-order valence-electron chi connectivity index (χ2n) is 3.36. The van der Waals surface area contributed by atoms with Crippen LogP contribution in [-0.2, 0) is 4.79 Å². The summed E-state index contributed by atoms with van der Waals surface area (Å²) in [5.41, 5.74) is 0. The van der Waals surface area contributed by atoms with Crippen LogP contribution in [0, 0.1) is 0 Å². The van der Waals surface area contributed by atoms with Crippen LogP contribution in [0.25, 0.3) is 0 Å². The van der Waals surface area contributed by atoms with E-state index in [4.69, 9.17) is 5.11 Å². The summed E-state index contributed by atoms with van der Waals surface area (Å²) in [6, 6.07) is -0.779. The Morgan fingerprint density at radius 1 is 1.67 bits per heavy atom. The van der Waals surface area contributed by atoms with E-state index in [-0.39, 0.29) is 12.1 Å². The van der Waals surface area contributed by atoms with Crippen molar-refractivity contribution >= 4 is 28.8 Å². The number of amides is 2. The van der Waals surface area contributed by atoms with Gasteiger partial charge in [-0.2, -0.15) is 0 Å². The summed E-state index contributed by atoms with van der Waals surface area (Å²) in [6.07, 6.45) is 0. The van der Waals surface area contributed by atoms with Crippen LogP contribution in [0.2, 0.25) is 0 Å². The molecule has 0 aromatic heterocycles. The van der Waals surface area contributed by atoms with Gasteiger partial charge in [0.15, 0.2) is 6.04 Å². The first-order valence-electron chi connectivity index (χ1n) is 4.55. The first kappa shape index (κ1) is 10.3. The van der Waals surface area contributed by atoms with Crippen LogP contribution in [0.15, 0.2) is 4.99 Å². The molecule has 0 aromatic carbocycles. The quantitative estimate of drug-likeness (QED) is 0.632. The Balaban J connectivity index is 1.95.